The van der Waals surface area contributed by atoms with Crippen molar-refractivity contribution in [3.05, 3.63) is 11.9 Å². The Kier molecular flexibility index (Phi) is 6.04. The number of aliphatic carboxylic acids is 1. The van der Waals surface area contributed by atoms with Gasteiger partial charge in [-0.1, -0.05) is 6.92 Å². The molecule has 0 radical (unpaired) electrons. The van der Waals surface area contributed by atoms with Gasteiger partial charge in [-0.15, -0.1) is 0 Å². The summed E-state index contributed by atoms with van der Waals surface area (Å²) in [6, 6.07) is 0.414. The van der Waals surface area contributed by atoms with Gasteiger partial charge in [-0.05, 0) is 51.9 Å². The summed E-state index contributed by atoms with van der Waals surface area (Å²) in [4.78, 5) is 25.5. The third kappa shape index (κ3) is 5.00. The Morgan fingerprint density at radius 2 is 2.11 bits per heavy atom. The minimum atomic E-state index is -0.779. The van der Waals surface area contributed by atoms with E-state index in [4.69, 9.17) is 5.11 Å². The Morgan fingerprint density at radius 3 is 2.70 bits per heavy atom. The van der Waals surface area contributed by atoms with E-state index in [0.29, 0.717) is 12.0 Å². The van der Waals surface area contributed by atoms with Crippen molar-refractivity contribution < 1.29 is 14.7 Å². The van der Waals surface area contributed by atoms with E-state index in [2.05, 4.69) is 34.5 Å². The predicted molar refractivity (Wildman–Crippen MR) is 103 cm³/mol. The lowest BCUT2D eigenvalue weighted by atomic mass is 9.85. The van der Waals surface area contributed by atoms with Crippen LogP contribution in [-0.2, 0) is 4.79 Å². The maximum absolute atomic E-state index is 12.3. The van der Waals surface area contributed by atoms with E-state index in [9.17, 15) is 9.59 Å². The number of aromatic nitrogens is 2. The number of urea groups is 1. The van der Waals surface area contributed by atoms with Crippen LogP contribution in [-0.4, -0.2) is 57.0 Å². The van der Waals surface area contributed by atoms with E-state index in [0.717, 1.165) is 37.2 Å². The van der Waals surface area contributed by atoms with E-state index < -0.39 is 5.97 Å². The topological polar surface area (TPSA) is 99.5 Å². The predicted octanol–water partition coefficient (Wildman–Crippen LogP) is 2.61. The molecule has 1 heterocycles. The van der Waals surface area contributed by atoms with Crippen LogP contribution in [0.3, 0.4) is 0 Å². The van der Waals surface area contributed by atoms with Crippen molar-refractivity contribution in [3.63, 3.8) is 0 Å². The van der Waals surface area contributed by atoms with E-state index in [1.54, 1.807) is 6.20 Å². The molecule has 2 saturated carbocycles. The summed E-state index contributed by atoms with van der Waals surface area (Å²) in [5.41, 5.74) is 1.67. The average Bonchev–Trinajstić information content (AvgIpc) is 3.32. The van der Waals surface area contributed by atoms with Crippen molar-refractivity contribution in [1.29, 1.82) is 0 Å². The number of hydrogen-bond donors (Lipinski definition) is 3. The quantitative estimate of drug-likeness (QED) is 0.614. The first-order chi connectivity index (χ1) is 12.9. The average molecular weight is 377 g/mol. The summed E-state index contributed by atoms with van der Waals surface area (Å²) in [5, 5.41) is 19.4. The van der Waals surface area contributed by atoms with Crippen LogP contribution in [0, 0.1) is 12.8 Å². The number of carboxylic acid groups (broad SMARTS) is 1. The number of rotatable bonds is 9. The molecule has 0 aromatic carbocycles. The largest absolute Gasteiger partial charge is 0.480 e. The fourth-order valence-corrected chi connectivity index (χ4v) is 3.66. The third-order valence-electron chi connectivity index (χ3n) is 5.79. The van der Waals surface area contributed by atoms with Crippen molar-refractivity contribution in [2.75, 3.05) is 18.4 Å². The van der Waals surface area contributed by atoms with Crippen molar-refractivity contribution in [2.24, 2.45) is 5.92 Å². The van der Waals surface area contributed by atoms with Gasteiger partial charge in [0.25, 0.3) is 0 Å². The first-order valence-corrected chi connectivity index (χ1v) is 9.94. The molecule has 0 aliphatic heterocycles. The second-order valence-corrected chi connectivity index (χ2v) is 8.03. The highest BCUT2D eigenvalue weighted by molar-refractivity contribution is 5.90. The molecule has 2 fully saturated rings. The van der Waals surface area contributed by atoms with Crippen LogP contribution in [0.4, 0.5) is 10.5 Å². The summed E-state index contributed by atoms with van der Waals surface area (Å²) in [5.74, 6) is -0.122. The number of hydrogen-bond acceptors (Lipinski definition) is 4. The summed E-state index contributed by atoms with van der Waals surface area (Å²) in [6.45, 7) is 7.12. The van der Waals surface area contributed by atoms with Gasteiger partial charge in [0.05, 0.1) is 24.1 Å². The van der Waals surface area contributed by atoms with Crippen LogP contribution in [0.25, 0.3) is 0 Å². The van der Waals surface area contributed by atoms with Crippen molar-refractivity contribution in [3.8, 4) is 0 Å². The molecule has 27 heavy (non-hydrogen) atoms. The minimum Gasteiger partial charge on any atom is -0.480 e. The lowest BCUT2D eigenvalue weighted by Crippen LogP contribution is -2.55. The van der Waals surface area contributed by atoms with Gasteiger partial charge in [0, 0.05) is 24.7 Å². The second kappa shape index (κ2) is 8.29. The van der Waals surface area contributed by atoms with Gasteiger partial charge < -0.3 is 15.7 Å². The lowest BCUT2D eigenvalue weighted by Gasteiger charge is -2.42. The van der Waals surface area contributed by atoms with Gasteiger partial charge in [-0.25, -0.2) is 4.79 Å². The Hall–Kier alpha value is -2.09. The molecule has 150 valence electrons. The maximum Gasteiger partial charge on any atom is 0.319 e. The summed E-state index contributed by atoms with van der Waals surface area (Å²) in [6.07, 6.45) is 6.68. The first kappa shape index (κ1) is 19.7. The van der Waals surface area contributed by atoms with E-state index >= 15 is 0 Å². The van der Waals surface area contributed by atoms with E-state index in [1.165, 1.54) is 12.8 Å². The summed E-state index contributed by atoms with van der Waals surface area (Å²) < 4.78 is 1.93. The van der Waals surface area contributed by atoms with Crippen LogP contribution in [0.1, 0.15) is 57.7 Å². The van der Waals surface area contributed by atoms with Gasteiger partial charge in [-0.2, -0.15) is 5.10 Å². The number of anilines is 1. The number of carboxylic acids is 1. The smallest absolute Gasteiger partial charge is 0.319 e. The van der Waals surface area contributed by atoms with Crippen LogP contribution >= 0.6 is 0 Å². The normalized spacial score (nSPS) is 23.0. The Morgan fingerprint density at radius 1 is 1.41 bits per heavy atom. The van der Waals surface area contributed by atoms with Crippen LogP contribution in [0.15, 0.2) is 6.20 Å². The molecule has 8 heteroatoms. The monoisotopic (exact) mass is 377 g/mol. The SMILES string of the molecule is CCC(C)n1ncc(NC(=O)NC2CC(N(CC(=O)O)CC3CC3)C2)c1C. The van der Waals surface area contributed by atoms with Gasteiger partial charge >= 0.3 is 12.0 Å². The number of nitrogens with one attached hydrogen (secondary N) is 2. The zero-order valence-electron chi connectivity index (χ0n) is 16.4. The van der Waals surface area contributed by atoms with E-state index in [1.807, 2.05) is 11.6 Å². The summed E-state index contributed by atoms with van der Waals surface area (Å²) >= 11 is 0. The molecule has 2 aliphatic carbocycles. The molecule has 2 amide bonds. The zero-order chi connectivity index (χ0) is 19.6. The molecule has 2 aliphatic rings. The second-order valence-electron chi connectivity index (χ2n) is 8.03. The molecule has 1 unspecified atom stereocenters. The van der Waals surface area contributed by atoms with Crippen molar-refractivity contribution >= 4 is 17.7 Å². The molecule has 0 saturated heterocycles. The van der Waals surface area contributed by atoms with Crippen LogP contribution < -0.4 is 10.6 Å². The minimum absolute atomic E-state index is 0.0913. The molecule has 3 N–H and O–H groups in total. The van der Waals surface area contributed by atoms with Gasteiger partial charge in [-0.3, -0.25) is 14.4 Å². The van der Waals surface area contributed by atoms with Gasteiger partial charge in [0.15, 0.2) is 0 Å². The highest BCUT2D eigenvalue weighted by Gasteiger charge is 2.37. The number of nitrogens with zero attached hydrogens (tertiary/aromatic N) is 3. The van der Waals surface area contributed by atoms with Crippen LogP contribution in [0.5, 0.6) is 0 Å². The number of carbonyl (C=O) groups excluding carboxylic acids is 1. The number of amides is 2. The molecule has 1 aromatic rings. The highest BCUT2D eigenvalue weighted by atomic mass is 16.4. The van der Waals surface area contributed by atoms with Gasteiger partial charge in [0.2, 0.25) is 0 Å². The highest BCUT2D eigenvalue weighted by Crippen LogP contribution is 2.33. The molecular formula is C19H31N5O3. The van der Waals surface area contributed by atoms with E-state index in [-0.39, 0.29) is 24.7 Å². The maximum atomic E-state index is 12.3. The molecule has 1 atom stereocenters. The first-order valence-electron chi connectivity index (χ1n) is 9.94. The standard InChI is InChI=1S/C19H31N5O3/c1-4-12(2)24-13(3)17(9-20-24)22-19(27)21-15-7-16(8-15)23(11-18(25)26)10-14-5-6-14/h9,12,14-16H,4-8,10-11H2,1-3H3,(H,25,26)(H2,21,22,27). The Bertz CT molecular complexity index is 679. The Labute approximate surface area is 160 Å². The van der Waals surface area contributed by atoms with Crippen molar-refractivity contribution in [2.45, 2.75) is 71.0 Å². The molecule has 1 aromatic heterocycles. The molecular weight excluding hydrogens is 346 g/mol. The zero-order valence-corrected chi connectivity index (χ0v) is 16.4. The molecule has 0 spiro atoms. The third-order valence-corrected chi connectivity index (χ3v) is 5.79. The Balaban J connectivity index is 1.46. The molecule has 0 bridgehead atoms. The lowest BCUT2D eigenvalue weighted by molar-refractivity contribution is -0.139. The molecule has 8 nitrogen and oxygen atoms in total. The van der Waals surface area contributed by atoms with Gasteiger partial charge in [0.1, 0.15) is 0 Å². The number of carbonyl (C=O) groups is 2. The molecule has 3 rings (SSSR count). The van der Waals surface area contributed by atoms with Crippen LogP contribution in [0.2, 0.25) is 0 Å². The van der Waals surface area contributed by atoms with Crippen molar-refractivity contribution in [1.82, 2.24) is 20.0 Å². The fraction of sp³-hybridized carbons (Fsp3) is 0.737. The fourth-order valence-electron chi connectivity index (χ4n) is 3.66. The summed E-state index contributed by atoms with van der Waals surface area (Å²) in [7, 11) is 0.